The summed E-state index contributed by atoms with van der Waals surface area (Å²) in [4.78, 5) is 13.7. The van der Waals surface area contributed by atoms with Gasteiger partial charge in [-0.25, -0.2) is 8.78 Å². The van der Waals surface area contributed by atoms with Crippen LogP contribution in [-0.4, -0.2) is 22.9 Å². The Morgan fingerprint density at radius 1 is 1.29 bits per heavy atom. The Morgan fingerprint density at radius 3 is 2.24 bits per heavy atom. The fourth-order valence-corrected chi connectivity index (χ4v) is 2.01. The summed E-state index contributed by atoms with van der Waals surface area (Å²) in [5.41, 5.74) is -0.437. The zero-order valence-corrected chi connectivity index (χ0v) is 9.91. The number of hydrogen-bond acceptors (Lipinski definition) is 1. The molecule has 1 aromatic rings. The van der Waals surface area contributed by atoms with E-state index in [1.165, 1.54) is 6.07 Å². The maximum absolute atomic E-state index is 13.5. The molecule has 0 aliphatic heterocycles. The van der Waals surface area contributed by atoms with Crippen LogP contribution in [0.4, 0.5) is 8.78 Å². The van der Waals surface area contributed by atoms with Crippen molar-refractivity contribution >= 4 is 5.91 Å². The number of halogens is 2. The number of hydrogen-bond donors (Lipinski definition) is 0. The van der Waals surface area contributed by atoms with Crippen molar-refractivity contribution in [2.24, 2.45) is 0 Å². The number of rotatable bonds is 3. The average Bonchev–Trinajstić information content (AvgIpc) is 3.01. The molecule has 1 fully saturated rings. The summed E-state index contributed by atoms with van der Waals surface area (Å²) >= 11 is 0. The van der Waals surface area contributed by atoms with Crippen molar-refractivity contribution in [3.8, 4) is 0 Å². The molecule has 4 heteroatoms. The van der Waals surface area contributed by atoms with E-state index in [2.05, 4.69) is 0 Å². The Bertz CT molecular complexity index is 419. The SMILES string of the molecule is CC(C)N(C(=O)c1c(F)cccc1F)C1CC1. The van der Waals surface area contributed by atoms with Gasteiger partial charge in [0.25, 0.3) is 5.91 Å². The first-order valence-corrected chi connectivity index (χ1v) is 5.79. The number of benzene rings is 1. The van der Waals surface area contributed by atoms with E-state index in [-0.39, 0.29) is 12.1 Å². The molecular formula is C13H15F2NO. The van der Waals surface area contributed by atoms with E-state index in [1.807, 2.05) is 13.8 Å². The van der Waals surface area contributed by atoms with Gasteiger partial charge in [-0.15, -0.1) is 0 Å². The Hall–Kier alpha value is -1.45. The van der Waals surface area contributed by atoms with Crippen LogP contribution in [0.3, 0.4) is 0 Å². The van der Waals surface area contributed by atoms with E-state index >= 15 is 0 Å². The maximum atomic E-state index is 13.5. The molecule has 2 nitrogen and oxygen atoms in total. The minimum atomic E-state index is -0.790. The summed E-state index contributed by atoms with van der Waals surface area (Å²) < 4.78 is 27.0. The van der Waals surface area contributed by atoms with Gasteiger partial charge in [-0.1, -0.05) is 6.07 Å². The summed E-state index contributed by atoms with van der Waals surface area (Å²) in [6, 6.07) is 3.58. The third-order valence-electron chi connectivity index (χ3n) is 2.91. The van der Waals surface area contributed by atoms with Gasteiger partial charge in [0.15, 0.2) is 0 Å². The lowest BCUT2D eigenvalue weighted by Gasteiger charge is -2.27. The molecule has 0 N–H and O–H groups in total. The standard InChI is InChI=1S/C13H15F2NO/c1-8(2)16(9-6-7-9)13(17)12-10(14)4-3-5-11(12)15/h3-5,8-9H,6-7H2,1-2H3. The first kappa shape index (κ1) is 12.0. The number of carbonyl (C=O) groups is 1. The molecule has 1 aromatic carbocycles. The summed E-state index contributed by atoms with van der Waals surface area (Å²) in [5, 5.41) is 0. The summed E-state index contributed by atoms with van der Waals surface area (Å²) in [7, 11) is 0. The predicted octanol–water partition coefficient (Wildman–Crippen LogP) is 2.98. The van der Waals surface area contributed by atoms with Gasteiger partial charge in [-0.05, 0) is 38.8 Å². The molecule has 2 rings (SSSR count). The maximum Gasteiger partial charge on any atom is 0.260 e. The molecule has 1 aliphatic rings. The molecule has 1 saturated carbocycles. The van der Waals surface area contributed by atoms with Crippen LogP contribution in [0.2, 0.25) is 0 Å². The molecular weight excluding hydrogens is 224 g/mol. The highest BCUT2D eigenvalue weighted by Crippen LogP contribution is 2.30. The molecule has 0 spiro atoms. The van der Waals surface area contributed by atoms with E-state index in [9.17, 15) is 13.6 Å². The minimum absolute atomic E-state index is 0.0472. The van der Waals surface area contributed by atoms with Crippen LogP contribution in [0.5, 0.6) is 0 Å². The zero-order chi connectivity index (χ0) is 12.6. The Labute approximate surface area is 99.2 Å². The van der Waals surface area contributed by atoms with Crippen LogP contribution < -0.4 is 0 Å². The Balaban J connectivity index is 2.35. The van der Waals surface area contributed by atoms with Crippen molar-refractivity contribution in [3.05, 3.63) is 35.4 Å². The van der Waals surface area contributed by atoms with Crippen LogP contribution in [-0.2, 0) is 0 Å². The normalized spacial score (nSPS) is 15.1. The fraction of sp³-hybridized carbons (Fsp3) is 0.462. The van der Waals surface area contributed by atoms with Crippen molar-refractivity contribution in [2.75, 3.05) is 0 Å². The molecule has 0 bridgehead atoms. The van der Waals surface area contributed by atoms with Gasteiger partial charge < -0.3 is 4.90 Å². The summed E-state index contributed by atoms with van der Waals surface area (Å²) in [6.45, 7) is 3.71. The van der Waals surface area contributed by atoms with Gasteiger partial charge in [0.1, 0.15) is 17.2 Å². The molecule has 0 heterocycles. The third kappa shape index (κ3) is 2.30. The van der Waals surface area contributed by atoms with Gasteiger partial charge in [0, 0.05) is 12.1 Å². The van der Waals surface area contributed by atoms with Gasteiger partial charge in [-0.2, -0.15) is 0 Å². The van der Waals surface area contributed by atoms with Gasteiger partial charge >= 0.3 is 0 Å². The van der Waals surface area contributed by atoms with Gasteiger partial charge in [0.2, 0.25) is 0 Å². The topological polar surface area (TPSA) is 20.3 Å². The number of carbonyl (C=O) groups excluding carboxylic acids is 1. The largest absolute Gasteiger partial charge is 0.333 e. The van der Waals surface area contributed by atoms with Crippen LogP contribution in [0.15, 0.2) is 18.2 Å². The van der Waals surface area contributed by atoms with E-state index in [4.69, 9.17) is 0 Å². The second kappa shape index (κ2) is 4.43. The predicted molar refractivity (Wildman–Crippen MR) is 60.7 cm³/mol. The molecule has 0 aromatic heterocycles. The molecule has 17 heavy (non-hydrogen) atoms. The molecule has 0 radical (unpaired) electrons. The van der Waals surface area contributed by atoms with Crippen LogP contribution in [0.25, 0.3) is 0 Å². The Kier molecular flexibility index (Phi) is 3.13. The van der Waals surface area contributed by atoms with Crippen molar-refractivity contribution in [3.63, 3.8) is 0 Å². The first-order valence-electron chi connectivity index (χ1n) is 5.79. The van der Waals surface area contributed by atoms with Crippen molar-refractivity contribution < 1.29 is 13.6 Å². The second-order valence-electron chi connectivity index (χ2n) is 4.63. The molecule has 1 aliphatic carbocycles. The first-order chi connectivity index (χ1) is 8.02. The van der Waals surface area contributed by atoms with E-state index in [1.54, 1.807) is 4.90 Å². The smallest absolute Gasteiger partial charge is 0.260 e. The van der Waals surface area contributed by atoms with Crippen molar-refractivity contribution in [1.82, 2.24) is 4.90 Å². The van der Waals surface area contributed by atoms with Crippen LogP contribution in [0.1, 0.15) is 37.0 Å². The zero-order valence-electron chi connectivity index (χ0n) is 9.91. The highest BCUT2D eigenvalue weighted by atomic mass is 19.1. The third-order valence-corrected chi connectivity index (χ3v) is 2.91. The lowest BCUT2D eigenvalue weighted by Crippen LogP contribution is -2.39. The molecule has 0 unspecified atom stereocenters. The van der Waals surface area contributed by atoms with Gasteiger partial charge in [0.05, 0.1) is 0 Å². The molecule has 0 atom stereocenters. The second-order valence-corrected chi connectivity index (χ2v) is 4.63. The van der Waals surface area contributed by atoms with Crippen molar-refractivity contribution in [2.45, 2.75) is 38.8 Å². The lowest BCUT2D eigenvalue weighted by molar-refractivity contribution is 0.0680. The Morgan fingerprint density at radius 2 is 1.82 bits per heavy atom. The molecule has 92 valence electrons. The monoisotopic (exact) mass is 239 g/mol. The van der Waals surface area contributed by atoms with E-state index in [0.717, 1.165) is 25.0 Å². The van der Waals surface area contributed by atoms with E-state index in [0.29, 0.717) is 0 Å². The molecule has 0 saturated heterocycles. The quantitative estimate of drug-likeness (QED) is 0.794. The van der Waals surface area contributed by atoms with Crippen molar-refractivity contribution in [1.29, 1.82) is 0 Å². The summed E-state index contributed by atoms with van der Waals surface area (Å²) in [5.74, 6) is -2.12. The summed E-state index contributed by atoms with van der Waals surface area (Å²) in [6.07, 6.45) is 1.83. The van der Waals surface area contributed by atoms with Crippen LogP contribution in [0, 0.1) is 11.6 Å². The fourth-order valence-electron chi connectivity index (χ4n) is 2.01. The number of nitrogens with zero attached hydrogens (tertiary/aromatic N) is 1. The van der Waals surface area contributed by atoms with Crippen LogP contribution >= 0.6 is 0 Å². The average molecular weight is 239 g/mol. The van der Waals surface area contributed by atoms with Gasteiger partial charge in [-0.3, -0.25) is 4.79 Å². The highest BCUT2D eigenvalue weighted by molar-refractivity contribution is 5.95. The molecule has 1 amide bonds. The lowest BCUT2D eigenvalue weighted by atomic mass is 10.1. The minimum Gasteiger partial charge on any atom is -0.333 e. The number of amides is 1. The van der Waals surface area contributed by atoms with E-state index < -0.39 is 23.1 Å². The highest BCUT2D eigenvalue weighted by Gasteiger charge is 2.36.